The Balaban J connectivity index is 1.36. The zero-order valence-electron chi connectivity index (χ0n) is 19.9. The van der Waals surface area contributed by atoms with E-state index in [0.717, 1.165) is 66.6 Å². The lowest BCUT2D eigenvalue weighted by Crippen LogP contribution is -2.48. The van der Waals surface area contributed by atoms with Gasteiger partial charge in [-0.2, -0.15) is 0 Å². The van der Waals surface area contributed by atoms with Gasteiger partial charge in [0.2, 0.25) is 5.95 Å². The van der Waals surface area contributed by atoms with Crippen molar-refractivity contribution in [1.29, 1.82) is 0 Å². The Hall–Kier alpha value is -3.33. The molecule has 1 saturated heterocycles. The van der Waals surface area contributed by atoms with E-state index in [4.69, 9.17) is 21.4 Å². The number of rotatable bonds is 7. The highest BCUT2D eigenvalue weighted by Gasteiger charge is 2.18. The maximum Gasteiger partial charge on any atom is 0.245 e. The van der Waals surface area contributed by atoms with Crippen molar-refractivity contribution in [2.75, 3.05) is 50.1 Å². The van der Waals surface area contributed by atoms with Crippen LogP contribution in [0.25, 0.3) is 16.8 Å². The van der Waals surface area contributed by atoms with Crippen molar-refractivity contribution in [2.45, 2.75) is 13.0 Å². The molecule has 0 radical (unpaired) electrons. The lowest BCUT2D eigenvalue weighted by molar-refractivity contribution is 0.123. The summed E-state index contributed by atoms with van der Waals surface area (Å²) in [5.74, 6) is 1.22. The minimum atomic E-state index is -0.299. The second-order valence-corrected chi connectivity index (χ2v) is 9.23. The number of aromatic nitrogens is 3. The molecule has 1 atom stereocenters. The third-order valence-corrected chi connectivity index (χ3v) is 6.43. The van der Waals surface area contributed by atoms with Crippen molar-refractivity contribution in [1.82, 2.24) is 19.5 Å². The van der Waals surface area contributed by atoms with Crippen molar-refractivity contribution in [3.8, 4) is 17.0 Å². The molecule has 3 heterocycles. The molecule has 2 N–H and O–H groups in total. The van der Waals surface area contributed by atoms with Crippen LogP contribution in [0.1, 0.15) is 6.92 Å². The number of piperazine rings is 1. The molecule has 0 aliphatic carbocycles. The molecule has 4 aromatic rings. The van der Waals surface area contributed by atoms with Gasteiger partial charge in [0.1, 0.15) is 5.75 Å². The fraction of sp³-hybridized carbons (Fsp3) is 0.308. The third-order valence-electron chi connectivity index (χ3n) is 6.20. The average Bonchev–Trinajstić information content (AvgIpc) is 3.27. The predicted molar refractivity (Wildman–Crippen MR) is 140 cm³/mol. The highest BCUT2D eigenvalue weighted by Crippen LogP contribution is 2.33. The fourth-order valence-corrected chi connectivity index (χ4v) is 4.69. The summed E-state index contributed by atoms with van der Waals surface area (Å²) in [6.07, 6.45) is 1.49. The number of benzene rings is 2. The Morgan fingerprint density at radius 1 is 1.09 bits per heavy atom. The van der Waals surface area contributed by atoms with Gasteiger partial charge in [0.15, 0.2) is 0 Å². The first-order valence-electron chi connectivity index (χ1n) is 11.7. The van der Waals surface area contributed by atoms with Gasteiger partial charge in [-0.15, -0.1) is 5.10 Å². The second kappa shape index (κ2) is 10.1. The van der Waals surface area contributed by atoms with Crippen LogP contribution in [0.2, 0.25) is 5.02 Å². The Labute approximate surface area is 209 Å². The lowest BCUT2D eigenvalue weighted by atomic mass is 10.1. The van der Waals surface area contributed by atoms with Crippen LogP contribution in [0.3, 0.4) is 0 Å². The number of nitrogens with zero attached hydrogens (tertiary/aromatic N) is 5. The number of hydrogen-bond donors (Lipinski definition) is 2. The number of halogens is 1. The van der Waals surface area contributed by atoms with E-state index >= 15 is 0 Å². The van der Waals surface area contributed by atoms with Gasteiger partial charge in [-0.05, 0) is 55.5 Å². The monoisotopic (exact) mass is 492 g/mol. The molecule has 9 heteroatoms. The molecule has 182 valence electrons. The molecule has 8 nitrogen and oxygen atoms in total. The predicted octanol–water partition coefficient (Wildman–Crippen LogP) is 4.30. The van der Waals surface area contributed by atoms with E-state index in [1.54, 1.807) is 13.3 Å². The van der Waals surface area contributed by atoms with E-state index in [1.165, 1.54) is 0 Å². The highest BCUT2D eigenvalue weighted by atomic mass is 35.5. The number of ether oxygens (including phenoxy) is 1. The lowest BCUT2D eigenvalue weighted by Gasteiger charge is -2.36. The largest absolute Gasteiger partial charge is 0.496 e. The third kappa shape index (κ3) is 5.19. The molecule has 0 unspecified atom stereocenters. The smallest absolute Gasteiger partial charge is 0.245 e. The van der Waals surface area contributed by atoms with Crippen LogP contribution in [0.4, 0.5) is 17.3 Å². The van der Waals surface area contributed by atoms with Crippen LogP contribution in [-0.4, -0.2) is 70.5 Å². The Kier molecular flexibility index (Phi) is 6.77. The number of aliphatic hydroxyl groups excluding tert-OH is 1. The summed E-state index contributed by atoms with van der Waals surface area (Å²) >= 11 is 6.26. The number of methoxy groups -OCH3 is 1. The molecule has 2 aromatic carbocycles. The molecule has 1 aliphatic rings. The molecule has 35 heavy (non-hydrogen) atoms. The molecule has 0 spiro atoms. The van der Waals surface area contributed by atoms with Crippen molar-refractivity contribution >= 4 is 34.4 Å². The summed E-state index contributed by atoms with van der Waals surface area (Å²) in [7, 11) is 1.64. The van der Waals surface area contributed by atoms with Crippen molar-refractivity contribution in [3.05, 3.63) is 65.8 Å². The van der Waals surface area contributed by atoms with Gasteiger partial charge in [-0.3, -0.25) is 4.90 Å². The van der Waals surface area contributed by atoms with E-state index in [-0.39, 0.29) is 6.10 Å². The number of hydrogen-bond acceptors (Lipinski definition) is 7. The zero-order chi connectivity index (χ0) is 24.4. The summed E-state index contributed by atoms with van der Waals surface area (Å²) in [5.41, 5.74) is 4.67. The fourth-order valence-electron chi connectivity index (χ4n) is 4.52. The van der Waals surface area contributed by atoms with Crippen LogP contribution in [0.5, 0.6) is 5.75 Å². The van der Waals surface area contributed by atoms with E-state index in [1.807, 2.05) is 53.9 Å². The summed E-state index contributed by atoms with van der Waals surface area (Å²) in [4.78, 5) is 9.17. The van der Waals surface area contributed by atoms with Crippen molar-refractivity contribution in [2.24, 2.45) is 0 Å². The SMILES string of the molecule is COc1ccc(Cl)cc1-c1ccc2cnc(Nc3cccc(N4CCN(C[C@@H](C)O)CC4)c3)nn12. The van der Waals surface area contributed by atoms with Gasteiger partial charge in [0.05, 0.1) is 30.6 Å². The number of anilines is 3. The Morgan fingerprint density at radius 3 is 2.69 bits per heavy atom. The quantitative estimate of drug-likeness (QED) is 0.398. The normalized spacial score (nSPS) is 15.4. The van der Waals surface area contributed by atoms with Crippen LogP contribution < -0.4 is 15.0 Å². The van der Waals surface area contributed by atoms with Crippen molar-refractivity contribution in [3.63, 3.8) is 0 Å². The second-order valence-electron chi connectivity index (χ2n) is 8.79. The van der Waals surface area contributed by atoms with E-state index in [9.17, 15) is 5.11 Å². The molecule has 0 saturated carbocycles. The summed E-state index contributed by atoms with van der Waals surface area (Å²) in [6.45, 7) is 6.28. The van der Waals surface area contributed by atoms with Gasteiger partial charge < -0.3 is 20.1 Å². The maximum atomic E-state index is 9.65. The van der Waals surface area contributed by atoms with Gasteiger partial charge >= 0.3 is 0 Å². The van der Waals surface area contributed by atoms with Gasteiger partial charge in [0.25, 0.3) is 0 Å². The summed E-state index contributed by atoms with van der Waals surface area (Å²) in [5, 5.41) is 18.4. The average molecular weight is 493 g/mol. The van der Waals surface area contributed by atoms with E-state index in [0.29, 0.717) is 11.0 Å². The van der Waals surface area contributed by atoms with Gasteiger partial charge in [0, 0.05) is 54.7 Å². The summed E-state index contributed by atoms with van der Waals surface area (Å²) < 4.78 is 7.39. The number of fused-ring (bicyclic) bond motifs is 1. The molecule has 1 fully saturated rings. The van der Waals surface area contributed by atoms with Crippen LogP contribution in [0, 0.1) is 0 Å². The molecule has 0 bridgehead atoms. The molecular weight excluding hydrogens is 464 g/mol. The highest BCUT2D eigenvalue weighted by molar-refractivity contribution is 6.31. The number of aliphatic hydroxyl groups is 1. The number of β-amino-alcohol motifs (C(OH)–C–C–N with tert-alkyl or cyclic N) is 1. The topological polar surface area (TPSA) is 78.2 Å². The first-order valence-corrected chi connectivity index (χ1v) is 12.1. The van der Waals surface area contributed by atoms with Crippen LogP contribution >= 0.6 is 11.6 Å². The van der Waals surface area contributed by atoms with Crippen LogP contribution in [-0.2, 0) is 0 Å². The van der Waals surface area contributed by atoms with Gasteiger partial charge in [-0.1, -0.05) is 17.7 Å². The molecule has 1 aliphatic heterocycles. The minimum Gasteiger partial charge on any atom is -0.496 e. The maximum absolute atomic E-state index is 9.65. The Morgan fingerprint density at radius 2 is 1.91 bits per heavy atom. The molecule has 2 aromatic heterocycles. The van der Waals surface area contributed by atoms with Gasteiger partial charge in [-0.25, -0.2) is 9.50 Å². The van der Waals surface area contributed by atoms with E-state index < -0.39 is 0 Å². The molecule has 5 rings (SSSR count). The minimum absolute atomic E-state index is 0.299. The standard InChI is InChI=1S/C26H29ClN6O2/c1-18(34)17-31-10-12-32(13-11-31)21-5-3-4-20(15-21)29-26-28-16-22-7-8-24(33(22)30-26)23-14-19(27)6-9-25(23)35-2/h3-9,14-16,18,34H,10-13,17H2,1-2H3,(H,29,30)/t18-/m1/s1. The number of nitrogens with one attached hydrogen (secondary N) is 1. The molecule has 0 amide bonds. The Bertz CT molecular complexity index is 1320. The van der Waals surface area contributed by atoms with Crippen LogP contribution in [0.15, 0.2) is 60.8 Å². The first kappa shape index (κ1) is 23.4. The summed E-state index contributed by atoms with van der Waals surface area (Å²) in [6, 6.07) is 17.8. The van der Waals surface area contributed by atoms with E-state index in [2.05, 4.69) is 32.2 Å². The van der Waals surface area contributed by atoms with Crippen molar-refractivity contribution < 1.29 is 9.84 Å². The first-order chi connectivity index (χ1) is 17.0. The molecular formula is C26H29ClN6O2. The zero-order valence-corrected chi connectivity index (χ0v) is 20.6.